The lowest BCUT2D eigenvalue weighted by Crippen LogP contribution is -2.32. The Balaban J connectivity index is 1.53. The third kappa shape index (κ3) is 3.99. The monoisotopic (exact) mass is 440 g/mol. The molecule has 2 aromatic rings. The summed E-state index contributed by atoms with van der Waals surface area (Å²) in [5, 5.41) is 2.95. The Morgan fingerprint density at radius 1 is 1.42 bits per heavy atom. The maximum atomic E-state index is 12.2. The quantitative estimate of drug-likeness (QED) is 0.717. The number of aromatic nitrogens is 2. The number of hydrogen-bond donors (Lipinski definition) is 2. The second kappa shape index (κ2) is 7.50. The molecule has 1 aromatic heterocycles. The molecule has 0 radical (unpaired) electrons. The van der Waals surface area contributed by atoms with Crippen LogP contribution in [0.3, 0.4) is 0 Å². The number of carbonyl (C=O) groups is 1. The van der Waals surface area contributed by atoms with Crippen molar-refractivity contribution in [1.29, 1.82) is 0 Å². The third-order valence-corrected chi connectivity index (χ3v) is 6.63. The van der Waals surface area contributed by atoms with Gasteiger partial charge >= 0.3 is 0 Å². The van der Waals surface area contributed by atoms with E-state index in [9.17, 15) is 13.2 Å². The standard InChI is InChI=1S/C17H21BrN4O3S/c1-11-20-17(10-22(11)2)26(24,25)19-9-8-16(23)21-15-7-6-12-13(15)4-3-5-14(12)18/h3-5,10,15,19H,6-9H2,1-2H3,(H,21,23). The molecule has 0 bridgehead atoms. The summed E-state index contributed by atoms with van der Waals surface area (Å²) in [4.78, 5) is 16.2. The van der Waals surface area contributed by atoms with Crippen LogP contribution in [0.15, 0.2) is 33.9 Å². The number of amides is 1. The molecule has 0 saturated heterocycles. The summed E-state index contributed by atoms with van der Waals surface area (Å²) in [6.07, 6.45) is 3.28. The van der Waals surface area contributed by atoms with Gasteiger partial charge in [-0.25, -0.2) is 18.1 Å². The summed E-state index contributed by atoms with van der Waals surface area (Å²) in [6.45, 7) is 1.76. The number of aryl methyl sites for hydroxylation is 2. The molecule has 26 heavy (non-hydrogen) atoms. The molecule has 3 rings (SSSR count). The zero-order chi connectivity index (χ0) is 18.9. The van der Waals surface area contributed by atoms with Crippen molar-refractivity contribution in [2.24, 2.45) is 7.05 Å². The molecule has 1 amide bonds. The van der Waals surface area contributed by atoms with Gasteiger partial charge in [0.05, 0.1) is 6.04 Å². The van der Waals surface area contributed by atoms with Crippen LogP contribution in [0.2, 0.25) is 0 Å². The van der Waals surface area contributed by atoms with E-state index in [1.807, 2.05) is 18.2 Å². The summed E-state index contributed by atoms with van der Waals surface area (Å²) < 4.78 is 29.5. The van der Waals surface area contributed by atoms with Crippen LogP contribution in [-0.4, -0.2) is 30.4 Å². The van der Waals surface area contributed by atoms with E-state index in [4.69, 9.17) is 0 Å². The van der Waals surface area contributed by atoms with Gasteiger partial charge in [-0.3, -0.25) is 4.79 Å². The van der Waals surface area contributed by atoms with Crippen molar-refractivity contribution in [3.05, 3.63) is 45.8 Å². The number of benzene rings is 1. The van der Waals surface area contributed by atoms with Crippen molar-refractivity contribution in [2.45, 2.75) is 37.3 Å². The molecule has 0 aliphatic heterocycles. The molecule has 1 heterocycles. The number of rotatable bonds is 6. The Hall–Kier alpha value is -1.71. The van der Waals surface area contributed by atoms with E-state index < -0.39 is 10.0 Å². The fourth-order valence-electron chi connectivity index (χ4n) is 3.05. The lowest BCUT2D eigenvalue weighted by Gasteiger charge is -2.14. The van der Waals surface area contributed by atoms with E-state index in [0.717, 1.165) is 22.9 Å². The highest BCUT2D eigenvalue weighted by molar-refractivity contribution is 9.10. The van der Waals surface area contributed by atoms with Gasteiger partial charge in [-0.1, -0.05) is 28.1 Å². The summed E-state index contributed by atoms with van der Waals surface area (Å²) in [6, 6.07) is 5.95. The first kappa shape index (κ1) is 19.1. The molecule has 7 nitrogen and oxygen atoms in total. The van der Waals surface area contributed by atoms with Crippen LogP contribution in [0.1, 0.15) is 35.8 Å². The van der Waals surface area contributed by atoms with Crippen LogP contribution in [-0.2, 0) is 28.3 Å². The molecular formula is C17H21BrN4O3S. The second-order valence-electron chi connectivity index (χ2n) is 6.35. The molecule has 0 spiro atoms. The summed E-state index contributed by atoms with van der Waals surface area (Å²) in [5.41, 5.74) is 2.35. The van der Waals surface area contributed by atoms with Gasteiger partial charge in [0.25, 0.3) is 10.0 Å². The van der Waals surface area contributed by atoms with Crippen LogP contribution in [0.5, 0.6) is 0 Å². The zero-order valence-electron chi connectivity index (χ0n) is 14.6. The Bertz CT molecular complexity index is 920. The first-order valence-corrected chi connectivity index (χ1v) is 10.6. The van der Waals surface area contributed by atoms with E-state index in [1.165, 1.54) is 11.8 Å². The van der Waals surface area contributed by atoms with Gasteiger partial charge < -0.3 is 9.88 Å². The zero-order valence-corrected chi connectivity index (χ0v) is 17.0. The van der Waals surface area contributed by atoms with E-state index in [1.54, 1.807) is 18.5 Å². The highest BCUT2D eigenvalue weighted by Crippen LogP contribution is 2.35. The highest BCUT2D eigenvalue weighted by Gasteiger charge is 2.25. The summed E-state index contributed by atoms with van der Waals surface area (Å²) in [7, 11) is -1.98. The van der Waals surface area contributed by atoms with Crippen molar-refractivity contribution in [1.82, 2.24) is 19.6 Å². The Labute approximate surface area is 161 Å². The molecule has 0 saturated carbocycles. The Kier molecular flexibility index (Phi) is 5.50. The minimum Gasteiger partial charge on any atom is -0.349 e. The lowest BCUT2D eigenvalue weighted by atomic mass is 10.1. The van der Waals surface area contributed by atoms with Crippen LogP contribution < -0.4 is 10.0 Å². The number of halogens is 1. The van der Waals surface area contributed by atoms with Gasteiger partial charge in [0.15, 0.2) is 5.03 Å². The van der Waals surface area contributed by atoms with Gasteiger partial charge in [-0.15, -0.1) is 0 Å². The molecule has 1 atom stereocenters. The van der Waals surface area contributed by atoms with Gasteiger partial charge in [-0.2, -0.15) is 0 Å². The molecule has 9 heteroatoms. The van der Waals surface area contributed by atoms with Gasteiger partial charge in [0, 0.05) is 30.7 Å². The maximum Gasteiger partial charge on any atom is 0.259 e. The largest absolute Gasteiger partial charge is 0.349 e. The molecule has 2 N–H and O–H groups in total. The number of sulfonamides is 1. The van der Waals surface area contributed by atoms with Crippen LogP contribution >= 0.6 is 15.9 Å². The molecule has 0 fully saturated rings. The smallest absolute Gasteiger partial charge is 0.259 e. The minimum absolute atomic E-state index is 0.0231. The SMILES string of the molecule is Cc1nc(S(=O)(=O)NCCC(=O)NC2CCc3c(Br)cccc32)cn1C. The predicted molar refractivity (Wildman–Crippen MR) is 101 cm³/mol. The fourth-order valence-corrected chi connectivity index (χ4v) is 4.70. The van der Waals surface area contributed by atoms with Crippen molar-refractivity contribution in [3.8, 4) is 0 Å². The summed E-state index contributed by atoms with van der Waals surface area (Å²) >= 11 is 3.54. The fraction of sp³-hybridized carbons (Fsp3) is 0.412. The second-order valence-corrected chi connectivity index (χ2v) is 8.92. The molecule has 1 unspecified atom stereocenters. The third-order valence-electron chi connectivity index (χ3n) is 4.55. The summed E-state index contributed by atoms with van der Waals surface area (Å²) in [5.74, 6) is 0.428. The van der Waals surface area contributed by atoms with Crippen LogP contribution in [0.25, 0.3) is 0 Å². The van der Waals surface area contributed by atoms with Crippen molar-refractivity contribution in [3.63, 3.8) is 0 Å². The number of nitrogens with zero attached hydrogens (tertiary/aromatic N) is 2. The molecule has 1 aliphatic carbocycles. The van der Waals surface area contributed by atoms with Gasteiger partial charge in [-0.05, 0) is 37.0 Å². The molecule has 1 aromatic carbocycles. The van der Waals surface area contributed by atoms with E-state index in [0.29, 0.717) is 5.82 Å². The average molecular weight is 441 g/mol. The topological polar surface area (TPSA) is 93.1 Å². The predicted octanol–water partition coefficient (Wildman–Crippen LogP) is 1.96. The highest BCUT2D eigenvalue weighted by atomic mass is 79.9. The maximum absolute atomic E-state index is 12.2. The first-order chi connectivity index (χ1) is 12.3. The molecule has 140 valence electrons. The first-order valence-electron chi connectivity index (χ1n) is 8.34. The van der Waals surface area contributed by atoms with Crippen molar-refractivity contribution in [2.75, 3.05) is 6.54 Å². The molecule has 1 aliphatic rings. The van der Waals surface area contributed by atoms with Crippen LogP contribution in [0, 0.1) is 6.92 Å². The number of nitrogens with one attached hydrogen (secondary N) is 2. The van der Waals surface area contributed by atoms with Gasteiger partial charge in [0.1, 0.15) is 5.82 Å². The van der Waals surface area contributed by atoms with Crippen molar-refractivity contribution < 1.29 is 13.2 Å². The number of hydrogen-bond acceptors (Lipinski definition) is 4. The van der Waals surface area contributed by atoms with Crippen LogP contribution in [0.4, 0.5) is 0 Å². The van der Waals surface area contributed by atoms with E-state index >= 15 is 0 Å². The average Bonchev–Trinajstić information content (AvgIpc) is 3.13. The van der Waals surface area contributed by atoms with Gasteiger partial charge in [0.2, 0.25) is 5.91 Å². The molecular weight excluding hydrogens is 420 g/mol. The van der Waals surface area contributed by atoms with E-state index in [-0.39, 0.29) is 29.9 Å². The van der Waals surface area contributed by atoms with E-state index in [2.05, 4.69) is 31.0 Å². The van der Waals surface area contributed by atoms with Crippen molar-refractivity contribution >= 4 is 31.9 Å². The number of fused-ring (bicyclic) bond motifs is 1. The lowest BCUT2D eigenvalue weighted by molar-refractivity contribution is -0.121. The number of carbonyl (C=O) groups excluding carboxylic acids is 1. The Morgan fingerprint density at radius 3 is 2.88 bits per heavy atom. The number of imidazole rings is 1. The normalized spacial score (nSPS) is 16.5. The Morgan fingerprint density at radius 2 is 2.19 bits per heavy atom. The minimum atomic E-state index is -3.71.